The molecule has 2 N–H and O–H groups in total. The predicted molar refractivity (Wildman–Crippen MR) is 148 cm³/mol. The van der Waals surface area contributed by atoms with E-state index in [9.17, 15) is 9.59 Å². The molecule has 194 valence electrons. The van der Waals surface area contributed by atoms with Crippen LogP contribution in [0.2, 0.25) is 0 Å². The maximum Gasteiger partial charge on any atom is 0.285 e. The fourth-order valence-corrected chi connectivity index (χ4v) is 4.20. The third-order valence-corrected chi connectivity index (χ3v) is 6.32. The zero-order valence-electron chi connectivity index (χ0n) is 21.5. The standard InChI is InChI=1S/C28H32N4O4S/c1-5-17-35-23-24(36-18-6-2)26(28(34)32-30-20(4)22-15-11-8-12-16-22)37-25(23)27(33)31-29-19(3)21-13-9-7-10-14-21/h7-16H,5-6,17-18H2,1-4H3,(H,31,33)(H,32,34)/b29-19+,30-20+. The third kappa shape index (κ3) is 7.50. The Morgan fingerprint density at radius 2 is 1.08 bits per heavy atom. The van der Waals surface area contributed by atoms with Crippen molar-refractivity contribution >= 4 is 34.6 Å². The second kappa shape index (κ2) is 13.9. The molecule has 0 fully saturated rings. The number of nitrogens with one attached hydrogen (secondary N) is 2. The smallest absolute Gasteiger partial charge is 0.285 e. The minimum absolute atomic E-state index is 0.207. The first-order chi connectivity index (χ1) is 18.0. The summed E-state index contributed by atoms with van der Waals surface area (Å²) in [5.41, 5.74) is 8.23. The van der Waals surface area contributed by atoms with Crippen LogP contribution in [0.4, 0.5) is 0 Å². The van der Waals surface area contributed by atoms with Gasteiger partial charge in [0.2, 0.25) is 0 Å². The predicted octanol–water partition coefficient (Wildman–Crippen LogP) is 5.63. The highest BCUT2D eigenvalue weighted by Crippen LogP contribution is 2.42. The van der Waals surface area contributed by atoms with E-state index in [1.165, 1.54) is 0 Å². The Balaban J connectivity index is 1.91. The lowest BCUT2D eigenvalue weighted by atomic mass is 10.1. The van der Waals surface area contributed by atoms with Crippen molar-refractivity contribution in [3.05, 3.63) is 81.5 Å². The van der Waals surface area contributed by atoms with Crippen molar-refractivity contribution in [2.45, 2.75) is 40.5 Å². The number of hydrogen-bond acceptors (Lipinski definition) is 7. The van der Waals surface area contributed by atoms with Crippen LogP contribution in [0.25, 0.3) is 0 Å². The lowest BCUT2D eigenvalue weighted by molar-refractivity contribution is 0.0945. The van der Waals surface area contributed by atoms with Gasteiger partial charge in [-0.15, -0.1) is 11.3 Å². The van der Waals surface area contributed by atoms with Gasteiger partial charge in [0.1, 0.15) is 9.75 Å². The quantitative estimate of drug-likeness (QED) is 0.239. The van der Waals surface area contributed by atoms with Gasteiger partial charge in [0.05, 0.1) is 24.6 Å². The number of carbonyl (C=O) groups is 2. The Labute approximate surface area is 221 Å². The number of thiophene rings is 1. The fourth-order valence-electron chi connectivity index (χ4n) is 3.23. The Morgan fingerprint density at radius 1 is 0.703 bits per heavy atom. The number of nitrogens with zero attached hydrogens (tertiary/aromatic N) is 2. The molecule has 9 heteroatoms. The van der Waals surface area contributed by atoms with Crippen LogP contribution in [0, 0.1) is 0 Å². The minimum atomic E-state index is -0.490. The lowest BCUT2D eigenvalue weighted by Gasteiger charge is -2.11. The third-order valence-electron chi connectivity index (χ3n) is 5.17. The van der Waals surface area contributed by atoms with Gasteiger partial charge >= 0.3 is 0 Å². The second-order valence-corrected chi connectivity index (χ2v) is 9.14. The number of hydrogen-bond donors (Lipinski definition) is 2. The van der Waals surface area contributed by atoms with E-state index in [1.807, 2.05) is 74.5 Å². The largest absolute Gasteiger partial charge is 0.488 e. The topological polar surface area (TPSA) is 101 Å². The average molecular weight is 521 g/mol. The molecule has 0 spiro atoms. The van der Waals surface area contributed by atoms with Crippen LogP contribution < -0.4 is 20.3 Å². The van der Waals surface area contributed by atoms with Crippen molar-refractivity contribution in [3.8, 4) is 11.5 Å². The van der Waals surface area contributed by atoms with Crippen molar-refractivity contribution in [2.75, 3.05) is 13.2 Å². The highest BCUT2D eigenvalue weighted by Gasteiger charge is 2.29. The van der Waals surface area contributed by atoms with E-state index in [1.54, 1.807) is 13.8 Å². The van der Waals surface area contributed by atoms with E-state index in [0.717, 1.165) is 35.3 Å². The van der Waals surface area contributed by atoms with Crippen molar-refractivity contribution in [3.63, 3.8) is 0 Å². The first-order valence-corrected chi connectivity index (χ1v) is 13.0. The SMILES string of the molecule is CCCOc1c(C(=O)N/N=C(\C)c2ccccc2)sc(C(=O)N/N=C(\C)c2ccccc2)c1OCCC. The normalized spacial score (nSPS) is 11.7. The molecule has 3 rings (SSSR count). The molecular formula is C28H32N4O4S. The molecule has 0 aliphatic rings. The van der Waals surface area contributed by atoms with Crippen LogP contribution in [-0.4, -0.2) is 36.5 Å². The van der Waals surface area contributed by atoms with Gasteiger partial charge in [-0.05, 0) is 37.8 Å². The van der Waals surface area contributed by atoms with E-state index < -0.39 is 11.8 Å². The summed E-state index contributed by atoms with van der Waals surface area (Å²) >= 11 is 0.986. The van der Waals surface area contributed by atoms with Crippen LogP contribution in [0.5, 0.6) is 11.5 Å². The maximum absolute atomic E-state index is 13.2. The number of benzene rings is 2. The van der Waals surface area contributed by atoms with Crippen LogP contribution in [0.1, 0.15) is 71.0 Å². The van der Waals surface area contributed by atoms with Crippen LogP contribution in [0.15, 0.2) is 70.9 Å². The zero-order chi connectivity index (χ0) is 26.6. The summed E-state index contributed by atoms with van der Waals surface area (Å²) < 4.78 is 11.8. The lowest BCUT2D eigenvalue weighted by Crippen LogP contribution is -2.19. The molecule has 2 aromatic carbocycles. The summed E-state index contributed by atoms with van der Waals surface area (Å²) in [6.07, 6.45) is 1.44. The van der Waals surface area contributed by atoms with Gasteiger partial charge in [-0.3, -0.25) is 9.59 Å². The molecule has 0 aliphatic heterocycles. The molecular weight excluding hydrogens is 488 g/mol. The molecule has 0 radical (unpaired) electrons. The Morgan fingerprint density at radius 3 is 1.43 bits per heavy atom. The van der Waals surface area contributed by atoms with Crippen molar-refractivity contribution < 1.29 is 19.1 Å². The molecule has 0 aliphatic carbocycles. The summed E-state index contributed by atoms with van der Waals surface area (Å²) in [6.45, 7) is 8.25. The maximum atomic E-state index is 13.2. The summed E-state index contributed by atoms with van der Waals surface area (Å²) in [7, 11) is 0. The van der Waals surface area contributed by atoms with Gasteiger partial charge in [0.25, 0.3) is 11.8 Å². The molecule has 1 heterocycles. The van der Waals surface area contributed by atoms with E-state index in [0.29, 0.717) is 24.6 Å². The van der Waals surface area contributed by atoms with E-state index in [2.05, 4.69) is 21.1 Å². The van der Waals surface area contributed by atoms with E-state index in [4.69, 9.17) is 9.47 Å². The molecule has 0 saturated heterocycles. The molecule has 0 atom stereocenters. The molecule has 0 unspecified atom stereocenters. The first-order valence-electron chi connectivity index (χ1n) is 12.2. The minimum Gasteiger partial charge on any atom is -0.488 e. The summed E-state index contributed by atoms with van der Waals surface area (Å²) in [4.78, 5) is 26.8. The zero-order valence-corrected chi connectivity index (χ0v) is 22.4. The van der Waals surface area contributed by atoms with Crippen LogP contribution in [0.3, 0.4) is 0 Å². The van der Waals surface area contributed by atoms with Gasteiger partial charge in [-0.1, -0.05) is 74.5 Å². The number of amides is 2. The van der Waals surface area contributed by atoms with Gasteiger partial charge in [0.15, 0.2) is 11.5 Å². The van der Waals surface area contributed by atoms with Gasteiger partial charge in [0, 0.05) is 0 Å². The first kappa shape index (κ1) is 27.6. The molecule has 8 nitrogen and oxygen atoms in total. The summed E-state index contributed by atoms with van der Waals surface area (Å²) in [5, 5.41) is 8.47. The Bertz CT molecular complexity index is 1160. The fraction of sp³-hybridized carbons (Fsp3) is 0.286. The number of hydrazone groups is 2. The number of rotatable bonds is 12. The molecule has 37 heavy (non-hydrogen) atoms. The van der Waals surface area contributed by atoms with Crippen LogP contribution in [-0.2, 0) is 0 Å². The van der Waals surface area contributed by atoms with E-state index in [-0.39, 0.29) is 21.3 Å². The second-order valence-electron chi connectivity index (χ2n) is 8.12. The van der Waals surface area contributed by atoms with E-state index >= 15 is 0 Å². The highest BCUT2D eigenvalue weighted by molar-refractivity contribution is 7.16. The molecule has 3 aromatic rings. The van der Waals surface area contributed by atoms with Crippen molar-refractivity contribution in [1.82, 2.24) is 10.9 Å². The Kier molecular flexibility index (Phi) is 10.4. The van der Waals surface area contributed by atoms with Gasteiger partial charge in [-0.2, -0.15) is 10.2 Å². The van der Waals surface area contributed by atoms with Crippen LogP contribution >= 0.6 is 11.3 Å². The molecule has 2 amide bonds. The Hall–Kier alpha value is -3.98. The molecule has 1 aromatic heterocycles. The molecule has 0 saturated carbocycles. The summed E-state index contributed by atoms with van der Waals surface area (Å²) in [5.74, 6) is -0.509. The van der Waals surface area contributed by atoms with Gasteiger partial charge in [-0.25, -0.2) is 10.9 Å². The van der Waals surface area contributed by atoms with Gasteiger partial charge < -0.3 is 9.47 Å². The van der Waals surface area contributed by atoms with Crippen molar-refractivity contribution in [1.29, 1.82) is 0 Å². The summed E-state index contributed by atoms with van der Waals surface area (Å²) in [6, 6.07) is 19.0. The monoisotopic (exact) mass is 520 g/mol. The highest BCUT2D eigenvalue weighted by atomic mass is 32.1. The molecule has 0 bridgehead atoms. The average Bonchev–Trinajstić information content (AvgIpc) is 3.31. The van der Waals surface area contributed by atoms with Crippen molar-refractivity contribution in [2.24, 2.45) is 10.2 Å². The number of carbonyl (C=O) groups excluding carboxylic acids is 2. The number of ether oxygens (including phenoxy) is 2.